The van der Waals surface area contributed by atoms with E-state index in [4.69, 9.17) is 0 Å². The van der Waals surface area contributed by atoms with Gasteiger partial charge in [0.15, 0.2) is 0 Å². The van der Waals surface area contributed by atoms with E-state index < -0.39 is 0 Å². The van der Waals surface area contributed by atoms with Gasteiger partial charge >= 0.3 is 0 Å². The molecule has 2 amide bonds. The van der Waals surface area contributed by atoms with Crippen molar-refractivity contribution in [2.24, 2.45) is 0 Å². The van der Waals surface area contributed by atoms with E-state index in [1.54, 1.807) is 11.8 Å². The first kappa shape index (κ1) is 18.2. The van der Waals surface area contributed by atoms with Gasteiger partial charge < -0.3 is 10.2 Å². The second-order valence-corrected chi connectivity index (χ2v) is 5.77. The Kier molecular flexibility index (Phi) is 7.64. The first-order valence-electron chi connectivity index (χ1n) is 8.07. The molecule has 1 aromatic carbocycles. The van der Waals surface area contributed by atoms with Gasteiger partial charge in [0, 0.05) is 32.1 Å². The van der Waals surface area contributed by atoms with Crippen LogP contribution in [0.1, 0.15) is 50.7 Å². The maximum absolute atomic E-state index is 11.9. The fraction of sp³-hybridized carbons (Fsp3) is 0.556. The van der Waals surface area contributed by atoms with Crippen molar-refractivity contribution in [3.63, 3.8) is 0 Å². The van der Waals surface area contributed by atoms with Gasteiger partial charge in [-0.3, -0.25) is 9.59 Å². The van der Waals surface area contributed by atoms with Crippen LogP contribution in [0.5, 0.6) is 0 Å². The van der Waals surface area contributed by atoms with Gasteiger partial charge in [0.05, 0.1) is 0 Å². The van der Waals surface area contributed by atoms with Crippen LogP contribution in [0.3, 0.4) is 0 Å². The van der Waals surface area contributed by atoms with E-state index in [-0.39, 0.29) is 11.8 Å². The monoisotopic (exact) mass is 304 g/mol. The van der Waals surface area contributed by atoms with Crippen molar-refractivity contribution < 1.29 is 9.59 Å². The Hall–Kier alpha value is -1.84. The van der Waals surface area contributed by atoms with Crippen LogP contribution in [0.15, 0.2) is 18.2 Å². The molecule has 122 valence electrons. The number of benzene rings is 1. The molecule has 1 rings (SSSR count). The van der Waals surface area contributed by atoms with Crippen molar-refractivity contribution in [1.82, 2.24) is 5.32 Å². The first-order valence-corrected chi connectivity index (χ1v) is 8.07. The fourth-order valence-electron chi connectivity index (χ4n) is 2.36. The van der Waals surface area contributed by atoms with Crippen LogP contribution in [-0.2, 0) is 9.59 Å². The summed E-state index contributed by atoms with van der Waals surface area (Å²) in [5.41, 5.74) is 3.05. The van der Waals surface area contributed by atoms with Gasteiger partial charge in [-0.25, -0.2) is 0 Å². The number of amides is 2. The summed E-state index contributed by atoms with van der Waals surface area (Å²) in [6, 6.07) is 6.03. The van der Waals surface area contributed by atoms with Crippen LogP contribution in [0.4, 0.5) is 5.69 Å². The van der Waals surface area contributed by atoms with Gasteiger partial charge in [-0.1, -0.05) is 31.9 Å². The standard InChI is InChI=1S/C18H28N2O2/c1-5-6-7-11-19-18(22)10-12-20(16(4)21)17-13-14(2)8-9-15(17)3/h8-9,13H,5-7,10-12H2,1-4H3,(H,19,22). The minimum atomic E-state index is -0.0347. The average molecular weight is 304 g/mol. The molecule has 0 aliphatic rings. The lowest BCUT2D eigenvalue weighted by Crippen LogP contribution is -2.34. The minimum absolute atomic E-state index is 0.00709. The lowest BCUT2D eigenvalue weighted by Gasteiger charge is -2.23. The lowest BCUT2D eigenvalue weighted by atomic mass is 10.1. The van der Waals surface area contributed by atoms with Crippen molar-refractivity contribution in [3.8, 4) is 0 Å². The van der Waals surface area contributed by atoms with Crippen molar-refractivity contribution in [2.75, 3.05) is 18.0 Å². The molecule has 0 aromatic heterocycles. The Morgan fingerprint density at radius 3 is 2.55 bits per heavy atom. The molecule has 1 aromatic rings. The Morgan fingerprint density at radius 1 is 1.18 bits per heavy atom. The maximum Gasteiger partial charge on any atom is 0.223 e. The number of unbranched alkanes of at least 4 members (excludes halogenated alkanes) is 2. The van der Waals surface area contributed by atoms with Crippen molar-refractivity contribution in [2.45, 2.75) is 53.4 Å². The zero-order chi connectivity index (χ0) is 16.5. The Bertz CT molecular complexity index is 512. The van der Waals surface area contributed by atoms with Gasteiger partial charge in [0.2, 0.25) is 11.8 Å². The number of carbonyl (C=O) groups excluding carboxylic acids is 2. The summed E-state index contributed by atoms with van der Waals surface area (Å²) in [7, 11) is 0. The zero-order valence-electron chi connectivity index (χ0n) is 14.2. The third kappa shape index (κ3) is 5.88. The van der Waals surface area contributed by atoms with E-state index >= 15 is 0 Å². The number of anilines is 1. The highest BCUT2D eigenvalue weighted by Crippen LogP contribution is 2.22. The van der Waals surface area contributed by atoms with E-state index in [0.29, 0.717) is 13.0 Å². The first-order chi connectivity index (χ1) is 10.5. The molecule has 0 unspecified atom stereocenters. The number of nitrogens with one attached hydrogen (secondary N) is 1. The van der Waals surface area contributed by atoms with E-state index in [2.05, 4.69) is 12.2 Å². The van der Waals surface area contributed by atoms with Gasteiger partial charge in [-0.2, -0.15) is 0 Å². The van der Waals surface area contributed by atoms with Crippen molar-refractivity contribution in [1.29, 1.82) is 0 Å². The smallest absolute Gasteiger partial charge is 0.223 e. The molecule has 0 saturated carbocycles. The molecule has 4 nitrogen and oxygen atoms in total. The molecule has 0 radical (unpaired) electrons. The Morgan fingerprint density at radius 2 is 1.91 bits per heavy atom. The number of rotatable bonds is 8. The number of hydrogen-bond donors (Lipinski definition) is 1. The second kappa shape index (κ2) is 9.23. The summed E-state index contributed by atoms with van der Waals surface area (Å²) in [5, 5.41) is 2.91. The summed E-state index contributed by atoms with van der Waals surface area (Å²) in [5.74, 6) is -0.0276. The third-order valence-corrected chi connectivity index (χ3v) is 3.70. The topological polar surface area (TPSA) is 49.4 Å². The number of carbonyl (C=O) groups is 2. The van der Waals surface area contributed by atoms with Gasteiger partial charge in [0.25, 0.3) is 0 Å². The maximum atomic E-state index is 11.9. The molecule has 4 heteroatoms. The van der Waals surface area contributed by atoms with Crippen LogP contribution in [0.2, 0.25) is 0 Å². The molecule has 0 spiro atoms. The molecule has 0 bridgehead atoms. The predicted molar refractivity (Wildman–Crippen MR) is 91.1 cm³/mol. The summed E-state index contributed by atoms with van der Waals surface area (Å²) < 4.78 is 0. The van der Waals surface area contributed by atoms with E-state index in [0.717, 1.165) is 42.6 Å². The number of hydrogen-bond acceptors (Lipinski definition) is 2. The molecular weight excluding hydrogens is 276 g/mol. The van der Waals surface area contributed by atoms with Crippen LogP contribution in [-0.4, -0.2) is 24.9 Å². The predicted octanol–water partition coefficient (Wildman–Crippen LogP) is 3.35. The quantitative estimate of drug-likeness (QED) is 0.749. The van der Waals surface area contributed by atoms with E-state index in [1.165, 1.54) is 0 Å². The Balaban J connectivity index is 2.60. The minimum Gasteiger partial charge on any atom is -0.356 e. The highest BCUT2D eigenvalue weighted by Gasteiger charge is 2.15. The molecule has 0 aliphatic carbocycles. The molecule has 0 atom stereocenters. The van der Waals surface area contributed by atoms with Crippen LogP contribution < -0.4 is 10.2 Å². The SMILES string of the molecule is CCCCCNC(=O)CCN(C(C)=O)c1cc(C)ccc1C. The fourth-order valence-corrected chi connectivity index (χ4v) is 2.36. The van der Waals surface area contributed by atoms with Crippen molar-refractivity contribution >= 4 is 17.5 Å². The van der Waals surface area contributed by atoms with Gasteiger partial charge in [-0.15, -0.1) is 0 Å². The highest BCUT2D eigenvalue weighted by atomic mass is 16.2. The van der Waals surface area contributed by atoms with Crippen LogP contribution >= 0.6 is 0 Å². The van der Waals surface area contributed by atoms with Crippen LogP contribution in [0.25, 0.3) is 0 Å². The zero-order valence-corrected chi connectivity index (χ0v) is 14.2. The summed E-state index contributed by atoms with van der Waals surface area (Å²) >= 11 is 0. The van der Waals surface area contributed by atoms with Crippen LogP contribution in [0, 0.1) is 13.8 Å². The lowest BCUT2D eigenvalue weighted by molar-refractivity contribution is -0.121. The Labute approximate surface area is 133 Å². The van der Waals surface area contributed by atoms with Crippen molar-refractivity contribution in [3.05, 3.63) is 29.3 Å². The van der Waals surface area contributed by atoms with Gasteiger partial charge in [-0.05, 0) is 37.5 Å². The molecule has 22 heavy (non-hydrogen) atoms. The summed E-state index contributed by atoms with van der Waals surface area (Å²) in [6.07, 6.45) is 3.61. The highest BCUT2D eigenvalue weighted by molar-refractivity contribution is 5.93. The average Bonchev–Trinajstić information content (AvgIpc) is 2.47. The summed E-state index contributed by atoms with van der Waals surface area (Å²) in [4.78, 5) is 25.5. The molecular formula is C18H28N2O2. The largest absolute Gasteiger partial charge is 0.356 e. The van der Waals surface area contributed by atoms with E-state index in [9.17, 15) is 9.59 Å². The molecule has 0 fully saturated rings. The molecule has 0 saturated heterocycles. The summed E-state index contributed by atoms with van der Waals surface area (Å²) in [6.45, 7) is 8.80. The normalized spacial score (nSPS) is 10.4. The molecule has 0 aliphatic heterocycles. The number of nitrogens with zero attached hydrogens (tertiary/aromatic N) is 1. The number of aryl methyl sites for hydroxylation is 2. The molecule has 0 heterocycles. The van der Waals surface area contributed by atoms with E-state index in [1.807, 2.05) is 32.0 Å². The second-order valence-electron chi connectivity index (χ2n) is 5.77. The van der Waals surface area contributed by atoms with Gasteiger partial charge in [0.1, 0.15) is 0 Å². The third-order valence-electron chi connectivity index (χ3n) is 3.70. The molecule has 1 N–H and O–H groups in total.